The van der Waals surface area contributed by atoms with E-state index in [0.29, 0.717) is 11.5 Å². The van der Waals surface area contributed by atoms with Crippen LogP contribution in [0, 0.1) is 45.3 Å². The molecule has 0 aromatic heterocycles. The van der Waals surface area contributed by atoms with Crippen LogP contribution in [-0.2, 0) is 0 Å². The smallest absolute Gasteiger partial charge is 0.169 e. The monoisotopic (exact) mass is 278 g/mol. The van der Waals surface area contributed by atoms with Crippen molar-refractivity contribution in [1.82, 2.24) is 0 Å². The predicted octanol–water partition coefficient (Wildman–Crippen LogP) is 3.73. The van der Waals surface area contributed by atoms with Gasteiger partial charge in [0.15, 0.2) is 11.2 Å². The number of carbonyl (C=O) groups is 1. The van der Waals surface area contributed by atoms with Crippen molar-refractivity contribution < 1.29 is 4.79 Å². The number of carbonyl (C=O) groups excluding carboxylic acids is 1. The second-order valence-corrected chi connectivity index (χ2v) is 6.53. The second-order valence-electron chi connectivity index (χ2n) is 6.53. The fourth-order valence-corrected chi connectivity index (χ4v) is 4.15. The van der Waals surface area contributed by atoms with Crippen molar-refractivity contribution in [3.05, 3.63) is 35.9 Å². The maximum atomic E-state index is 12.8. The summed E-state index contributed by atoms with van der Waals surface area (Å²) in [6.45, 7) is 2.20. The second kappa shape index (κ2) is 4.71. The van der Waals surface area contributed by atoms with Gasteiger partial charge in [-0.1, -0.05) is 50.1 Å². The van der Waals surface area contributed by atoms with Crippen LogP contribution in [0.25, 0.3) is 0 Å². The van der Waals surface area contributed by atoms with E-state index in [9.17, 15) is 15.3 Å². The Bertz CT molecular complexity index is 628. The van der Waals surface area contributed by atoms with Gasteiger partial charge >= 0.3 is 0 Å². The van der Waals surface area contributed by atoms with E-state index in [1.807, 2.05) is 18.2 Å². The van der Waals surface area contributed by atoms with Crippen LogP contribution in [0.2, 0.25) is 0 Å². The molecule has 0 bridgehead atoms. The van der Waals surface area contributed by atoms with E-state index in [2.05, 4.69) is 19.1 Å². The fourth-order valence-electron chi connectivity index (χ4n) is 4.15. The van der Waals surface area contributed by atoms with E-state index < -0.39 is 16.7 Å². The van der Waals surface area contributed by atoms with Crippen LogP contribution >= 0.6 is 0 Å². The first-order chi connectivity index (χ1) is 10.1. The lowest BCUT2D eigenvalue weighted by Crippen LogP contribution is -2.20. The molecule has 3 nitrogen and oxygen atoms in total. The van der Waals surface area contributed by atoms with E-state index in [0.717, 1.165) is 25.7 Å². The van der Waals surface area contributed by atoms with Crippen LogP contribution in [0.15, 0.2) is 30.3 Å². The van der Waals surface area contributed by atoms with Gasteiger partial charge in [-0.05, 0) is 18.8 Å². The van der Waals surface area contributed by atoms with Gasteiger partial charge in [0.2, 0.25) is 0 Å². The van der Waals surface area contributed by atoms with Gasteiger partial charge in [0.25, 0.3) is 0 Å². The van der Waals surface area contributed by atoms with E-state index in [4.69, 9.17) is 0 Å². The van der Waals surface area contributed by atoms with Gasteiger partial charge in [0.1, 0.15) is 0 Å². The predicted molar refractivity (Wildman–Crippen MR) is 78.0 cm³/mol. The number of nitriles is 2. The van der Waals surface area contributed by atoms with Crippen molar-refractivity contribution >= 4 is 5.78 Å². The molecule has 0 radical (unpaired) electrons. The molecule has 1 atom stereocenters. The Kier molecular flexibility index (Phi) is 3.10. The zero-order chi connectivity index (χ0) is 15.1. The van der Waals surface area contributed by atoms with Crippen LogP contribution in [0.1, 0.15) is 43.0 Å². The Morgan fingerprint density at radius 3 is 2.24 bits per heavy atom. The van der Waals surface area contributed by atoms with Gasteiger partial charge in [-0.2, -0.15) is 10.5 Å². The molecule has 2 saturated carbocycles. The first-order valence-electron chi connectivity index (χ1n) is 7.53. The lowest BCUT2D eigenvalue weighted by Gasteiger charge is -2.27. The summed E-state index contributed by atoms with van der Waals surface area (Å²) in [5.74, 6) is 0.141. The summed E-state index contributed by atoms with van der Waals surface area (Å²) in [5.41, 5.74) is -0.899. The Balaban J connectivity index is 1.97. The minimum atomic E-state index is -1.11. The highest BCUT2D eigenvalue weighted by molar-refractivity contribution is 6.02. The number of nitrogens with zero attached hydrogens (tertiary/aromatic N) is 2. The summed E-state index contributed by atoms with van der Waals surface area (Å²) in [6, 6.07) is 13.5. The lowest BCUT2D eigenvalue weighted by molar-refractivity contribution is 0.0932. The molecule has 2 aliphatic carbocycles. The van der Waals surface area contributed by atoms with Crippen LogP contribution in [0.3, 0.4) is 0 Å². The lowest BCUT2D eigenvalue weighted by atomic mass is 9.75. The minimum Gasteiger partial charge on any atom is -0.294 e. The molecule has 21 heavy (non-hydrogen) atoms. The topological polar surface area (TPSA) is 64.7 Å². The van der Waals surface area contributed by atoms with Crippen molar-refractivity contribution in [3.63, 3.8) is 0 Å². The summed E-state index contributed by atoms with van der Waals surface area (Å²) in [4.78, 5) is 12.8. The summed E-state index contributed by atoms with van der Waals surface area (Å²) < 4.78 is 0. The molecule has 1 aromatic rings. The average Bonchev–Trinajstić information content (AvgIpc) is 3.11. The minimum absolute atomic E-state index is 0.0340. The number of rotatable bonds is 2. The third-order valence-electron chi connectivity index (χ3n) is 5.53. The first kappa shape index (κ1) is 13.8. The van der Waals surface area contributed by atoms with Crippen molar-refractivity contribution in [2.75, 3.05) is 0 Å². The molecule has 1 aromatic carbocycles. The first-order valence-corrected chi connectivity index (χ1v) is 7.53. The summed E-state index contributed by atoms with van der Waals surface area (Å²) >= 11 is 0. The van der Waals surface area contributed by atoms with Gasteiger partial charge in [0.05, 0.1) is 18.1 Å². The molecule has 3 heteroatoms. The highest BCUT2D eigenvalue weighted by atomic mass is 16.1. The van der Waals surface area contributed by atoms with Crippen molar-refractivity contribution in [1.29, 1.82) is 10.5 Å². The Morgan fingerprint density at radius 1 is 1.14 bits per heavy atom. The molecule has 0 aliphatic heterocycles. The molecule has 2 aliphatic rings. The van der Waals surface area contributed by atoms with Crippen molar-refractivity contribution in [2.24, 2.45) is 22.7 Å². The Morgan fingerprint density at radius 2 is 1.71 bits per heavy atom. The third-order valence-corrected chi connectivity index (χ3v) is 5.53. The molecular formula is C18H18N2O. The summed E-state index contributed by atoms with van der Waals surface area (Å²) in [7, 11) is 0. The van der Waals surface area contributed by atoms with Crippen molar-refractivity contribution in [2.45, 2.75) is 32.6 Å². The number of hydrogen-bond acceptors (Lipinski definition) is 3. The zero-order valence-electron chi connectivity index (χ0n) is 12.2. The Hall–Kier alpha value is -2.13. The SMILES string of the molecule is CC1CCC2(CC1)[C@H](C(=O)c1ccccc1)C2(C#N)C#N. The molecule has 2 fully saturated rings. The highest BCUT2D eigenvalue weighted by Gasteiger charge is 2.80. The number of ketones is 1. The van der Waals surface area contributed by atoms with Gasteiger partial charge in [0, 0.05) is 11.0 Å². The van der Waals surface area contributed by atoms with Gasteiger partial charge in [-0.15, -0.1) is 0 Å². The van der Waals surface area contributed by atoms with Gasteiger partial charge < -0.3 is 0 Å². The van der Waals surface area contributed by atoms with Gasteiger partial charge in [-0.25, -0.2) is 0 Å². The molecule has 106 valence electrons. The number of benzene rings is 1. The van der Waals surface area contributed by atoms with Crippen LogP contribution in [-0.4, -0.2) is 5.78 Å². The molecule has 0 N–H and O–H groups in total. The molecule has 1 spiro atoms. The molecule has 0 saturated heterocycles. The summed E-state index contributed by atoms with van der Waals surface area (Å²) in [6.07, 6.45) is 3.64. The maximum absolute atomic E-state index is 12.8. The Labute approximate surface area is 125 Å². The van der Waals surface area contributed by atoms with Crippen molar-refractivity contribution in [3.8, 4) is 12.1 Å². The largest absolute Gasteiger partial charge is 0.294 e. The molecule has 0 heterocycles. The van der Waals surface area contributed by atoms with Crippen LogP contribution < -0.4 is 0 Å². The van der Waals surface area contributed by atoms with Crippen LogP contribution in [0.5, 0.6) is 0 Å². The van der Waals surface area contributed by atoms with E-state index in [-0.39, 0.29) is 5.78 Å². The normalized spacial score (nSPS) is 32.9. The van der Waals surface area contributed by atoms with Gasteiger partial charge in [-0.3, -0.25) is 4.79 Å². The maximum Gasteiger partial charge on any atom is 0.169 e. The number of Topliss-reactive ketones (excluding diaryl/α,β-unsaturated/α-hetero) is 1. The third kappa shape index (κ3) is 1.74. The molecule has 3 rings (SSSR count). The zero-order valence-corrected chi connectivity index (χ0v) is 12.2. The quantitative estimate of drug-likeness (QED) is 0.774. The van der Waals surface area contributed by atoms with E-state index in [1.165, 1.54) is 0 Å². The molecular weight excluding hydrogens is 260 g/mol. The van der Waals surface area contributed by atoms with Crippen LogP contribution in [0.4, 0.5) is 0 Å². The standard InChI is InChI=1S/C18H18N2O/c1-13-7-9-17(10-8-13)16(18(17,11-19)12-20)15(21)14-5-3-2-4-6-14/h2-6,13,16H,7-10H2,1H3/t13?,16-,17?/m0/s1. The van der Waals surface area contributed by atoms with E-state index in [1.54, 1.807) is 12.1 Å². The fraction of sp³-hybridized carbons (Fsp3) is 0.500. The summed E-state index contributed by atoms with van der Waals surface area (Å²) in [5, 5.41) is 19.2. The number of hydrogen-bond donors (Lipinski definition) is 0. The van der Waals surface area contributed by atoms with E-state index >= 15 is 0 Å². The average molecular weight is 278 g/mol. The molecule has 0 unspecified atom stereocenters. The highest BCUT2D eigenvalue weighted by Crippen LogP contribution is 2.75. The molecule has 0 amide bonds.